The van der Waals surface area contributed by atoms with E-state index < -0.39 is 148 Å². The van der Waals surface area contributed by atoms with Crippen molar-refractivity contribution in [2.45, 2.75) is 169 Å². The van der Waals surface area contributed by atoms with Gasteiger partial charge in [0.2, 0.25) is 5.91 Å². The predicted molar refractivity (Wildman–Crippen MR) is 239 cm³/mol. The van der Waals surface area contributed by atoms with Crippen LogP contribution in [0.2, 0.25) is 0 Å². The molecule has 0 radical (unpaired) electrons. The van der Waals surface area contributed by atoms with Crippen LogP contribution in [0, 0.1) is 11.8 Å². The molecule has 0 spiro atoms. The third-order valence-electron chi connectivity index (χ3n) is 11.5. The molecule has 2 bridgehead atoms. The Labute approximate surface area is 390 Å². The molecule has 380 valence electrons. The standard InChI is InChI=1S/C47H72F2N2O16/c1-28-15-13-11-9-7-5-3-4-6-8-10-12-14-16-33(66-46-44(61)43(50)38(59)27-64-46)23-39-42(45(62)51-26-40(48)49)37(58)25-47(63,67-39)24-32(54)21-36(57)34(55)18-17-30(52)20-31(53)22-41(60)65-29(2)19-35(28)56/h3-16,28-40,42-44,46,52-59,61,63H,17-27,50H2,1-2H3,(H,51,62)/b4-3+,7-5+,8-6+,11-9+,12-10+,15-13+,16-14+/t28-,29-,30?,31?,32?,33?,34?,35-,36?,37-,38+,39-,42+,43-,44-,46-,47?/m0/s1. The quantitative estimate of drug-likeness (QED) is 0.166. The monoisotopic (exact) mass is 958 g/mol. The molecule has 17 atom stereocenters. The fourth-order valence-corrected chi connectivity index (χ4v) is 7.81. The van der Waals surface area contributed by atoms with Crippen molar-refractivity contribution in [1.29, 1.82) is 0 Å². The van der Waals surface area contributed by atoms with E-state index in [-0.39, 0.29) is 44.6 Å². The van der Waals surface area contributed by atoms with Crippen molar-refractivity contribution in [3.05, 3.63) is 85.1 Å². The van der Waals surface area contributed by atoms with E-state index in [0.717, 1.165) is 0 Å². The molecule has 0 aliphatic carbocycles. The van der Waals surface area contributed by atoms with Crippen LogP contribution in [-0.4, -0.2) is 174 Å². The van der Waals surface area contributed by atoms with Crippen molar-refractivity contribution in [2.75, 3.05) is 13.2 Å². The van der Waals surface area contributed by atoms with Crippen LogP contribution in [0.5, 0.6) is 0 Å². The number of halogens is 2. The van der Waals surface area contributed by atoms with Gasteiger partial charge in [0.05, 0.1) is 92.6 Å². The number of rotatable bonds is 5. The molecule has 7 unspecified atom stereocenters. The highest BCUT2D eigenvalue weighted by atomic mass is 19.3. The molecule has 1 amide bonds. The number of nitrogens with one attached hydrogen (secondary N) is 1. The number of cyclic esters (lactones) is 1. The third kappa shape index (κ3) is 21.3. The van der Waals surface area contributed by atoms with Crippen LogP contribution in [0.4, 0.5) is 8.78 Å². The van der Waals surface area contributed by atoms with E-state index in [4.69, 9.17) is 24.7 Å². The van der Waals surface area contributed by atoms with Gasteiger partial charge < -0.3 is 81.1 Å². The predicted octanol–water partition coefficient (Wildman–Crippen LogP) is 0.374. The van der Waals surface area contributed by atoms with Gasteiger partial charge in [0.15, 0.2) is 12.1 Å². The average Bonchev–Trinajstić information content (AvgIpc) is 3.23. The van der Waals surface area contributed by atoms with Gasteiger partial charge in [-0.15, -0.1) is 0 Å². The number of carbonyl (C=O) groups is 2. The van der Waals surface area contributed by atoms with Crippen molar-refractivity contribution in [2.24, 2.45) is 17.6 Å². The van der Waals surface area contributed by atoms with Gasteiger partial charge in [0.1, 0.15) is 12.2 Å². The average molecular weight is 959 g/mol. The number of esters is 1. The molecule has 3 aliphatic heterocycles. The summed E-state index contributed by atoms with van der Waals surface area (Å²) in [7, 11) is 0. The topological polar surface area (TPSA) is 311 Å². The first-order valence-corrected chi connectivity index (χ1v) is 22.7. The molecule has 3 aliphatic rings. The molecule has 18 nitrogen and oxygen atoms in total. The molecule has 3 heterocycles. The summed E-state index contributed by atoms with van der Waals surface area (Å²) in [5, 5.41) is 110. The van der Waals surface area contributed by atoms with Crippen molar-refractivity contribution >= 4 is 11.9 Å². The summed E-state index contributed by atoms with van der Waals surface area (Å²) in [4.78, 5) is 25.8. The molecule has 0 saturated carbocycles. The fourth-order valence-electron chi connectivity index (χ4n) is 7.81. The van der Waals surface area contributed by atoms with Gasteiger partial charge >= 0.3 is 5.97 Å². The Morgan fingerprint density at radius 3 is 1.96 bits per heavy atom. The zero-order valence-corrected chi connectivity index (χ0v) is 37.9. The van der Waals surface area contributed by atoms with Crippen LogP contribution >= 0.6 is 0 Å². The first kappa shape index (κ1) is 57.7. The van der Waals surface area contributed by atoms with Crippen LogP contribution < -0.4 is 11.1 Å². The smallest absolute Gasteiger partial charge is 0.308 e. The zero-order valence-electron chi connectivity index (χ0n) is 37.9. The van der Waals surface area contributed by atoms with E-state index in [1.807, 2.05) is 6.92 Å². The Morgan fingerprint density at radius 2 is 1.34 bits per heavy atom. The van der Waals surface area contributed by atoms with Crippen molar-refractivity contribution < 1.29 is 88.4 Å². The first-order valence-electron chi connectivity index (χ1n) is 22.7. The molecule has 2 saturated heterocycles. The fraction of sp³-hybridized carbons (Fsp3) is 0.660. The second kappa shape index (κ2) is 29.4. The molecule has 0 aromatic carbocycles. The first-order chi connectivity index (χ1) is 31.7. The van der Waals surface area contributed by atoms with E-state index in [9.17, 15) is 69.4 Å². The SMILES string of the molecule is C[C@H]1C[C@H](O)[C@@H](C)/C=C/C=C/C=C/C=C/C=C/C=C/C=C/C(O[C@@H]2OC[C@@H](O)[C@H](N)[C@@H]2O)C[C@@H]2OC(O)(CC(O)CC(O)C(O)CCC(O)CC(O)CC(=O)O1)C[C@H](O)[C@H]2C(=O)NCC(F)F. The maximum absolute atomic E-state index is 13.3. The molecule has 2 fully saturated rings. The van der Waals surface area contributed by atoms with Gasteiger partial charge in [-0.05, 0) is 26.2 Å². The largest absolute Gasteiger partial charge is 0.462 e. The number of amides is 1. The summed E-state index contributed by atoms with van der Waals surface area (Å²) in [6.07, 6.45) is 0.492. The Kier molecular flexibility index (Phi) is 25.4. The van der Waals surface area contributed by atoms with Gasteiger partial charge in [0, 0.05) is 38.0 Å². The second-order valence-corrected chi connectivity index (χ2v) is 17.5. The number of hydrogen-bond donors (Lipinski definition) is 12. The van der Waals surface area contributed by atoms with Crippen molar-refractivity contribution in [3.8, 4) is 0 Å². The number of aliphatic hydroxyl groups is 10. The van der Waals surface area contributed by atoms with Gasteiger partial charge in [0.25, 0.3) is 6.43 Å². The van der Waals surface area contributed by atoms with Crippen LogP contribution in [0.1, 0.15) is 71.6 Å². The molecular formula is C47H72F2N2O16. The summed E-state index contributed by atoms with van der Waals surface area (Å²) < 4.78 is 49.2. The minimum Gasteiger partial charge on any atom is -0.462 e. The van der Waals surface area contributed by atoms with E-state index >= 15 is 0 Å². The van der Waals surface area contributed by atoms with Crippen molar-refractivity contribution in [3.63, 3.8) is 0 Å². The lowest BCUT2D eigenvalue weighted by Gasteiger charge is -2.45. The minimum atomic E-state index is -2.94. The van der Waals surface area contributed by atoms with Gasteiger partial charge in [-0.25, -0.2) is 8.78 Å². The Bertz CT molecular complexity index is 1700. The molecule has 3 rings (SSSR count). The summed E-state index contributed by atoms with van der Waals surface area (Å²) >= 11 is 0. The lowest BCUT2D eigenvalue weighted by Crippen LogP contribution is -2.59. The summed E-state index contributed by atoms with van der Waals surface area (Å²) in [6.45, 7) is 2.05. The molecule has 20 heteroatoms. The zero-order chi connectivity index (χ0) is 49.7. The Morgan fingerprint density at radius 1 is 0.746 bits per heavy atom. The highest BCUT2D eigenvalue weighted by molar-refractivity contribution is 5.80. The number of ether oxygens (including phenoxy) is 4. The highest BCUT2D eigenvalue weighted by Crippen LogP contribution is 2.38. The van der Waals surface area contributed by atoms with E-state index in [2.05, 4.69) is 5.32 Å². The Hall–Kier alpha value is -3.58. The van der Waals surface area contributed by atoms with Crippen LogP contribution in [0.3, 0.4) is 0 Å². The van der Waals surface area contributed by atoms with E-state index in [1.165, 1.54) is 6.08 Å². The maximum Gasteiger partial charge on any atom is 0.308 e. The van der Waals surface area contributed by atoms with E-state index in [0.29, 0.717) is 0 Å². The molecular weight excluding hydrogens is 887 g/mol. The number of alkyl halides is 2. The normalized spacial score (nSPS) is 42.3. The molecule has 0 aromatic heterocycles. The lowest BCUT2D eigenvalue weighted by atomic mass is 9.82. The maximum atomic E-state index is 13.3. The summed E-state index contributed by atoms with van der Waals surface area (Å²) in [5.41, 5.74) is 5.94. The molecule has 67 heavy (non-hydrogen) atoms. The minimum absolute atomic E-state index is 0.132. The number of carbonyl (C=O) groups excluding carboxylic acids is 2. The Balaban J connectivity index is 1.89. The molecule has 0 aromatic rings. The van der Waals surface area contributed by atoms with Crippen molar-refractivity contribution in [1.82, 2.24) is 5.32 Å². The summed E-state index contributed by atoms with van der Waals surface area (Å²) in [5.74, 6) is -6.02. The van der Waals surface area contributed by atoms with Crippen LogP contribution in [0.15, 0.2) is 85.1 Å². The third-order valence-corrected chi connectivity index (χ3v) is 11.5. The van der Waals surface area contributed by atoms with Crippen LogP contribution in [-0.2, 0) is 28.5 Å². The summed E-state index contributed by atoms with van der Waals surface area (Å²) in [6, 6.07) is -1.17. The number of allylic oxidation sites excluding steroid dienone is 12. The number of nitrogens with two attached hydrogens (primary N) is 1. The lowest BCUT2D eigenvalue weighted by molar-refractivity contribution is -0.304. The van der Waals surface area contributed by atoms with Gasteiger partial charge in [-0.2, -0.15) is 0 Å². The van der Waals surface area contributed by atoms with Crippen LogP contribution in [0.25, 0.3) is 0 Å². The molecule has 13 N–H and O–H groups in total. The second-order valence-electron chi connectivity index (χ2n) is 17.5. The van der Waals surface area contributed by atoms with Gasteiger partial charge in [-0.1, -0.05) is 92.0 Å². The van der Waals surface area contributed by atoms with Gasteiger partial charge in [-0.3, -0.25) is 9.59 Å². The highest BCUT2D eigenvalue weighted by Gasteiger charge is 2.50. The van der Waals surface area contributed by atoms with E-state index in [1.54, 1.807) is 85.9 Å². The number of fused-ring (bicyclic) bond motifs is 2. The number of hydrogen-bond acceptors (Lipinski definition) is 17. The number of aliphatic hydroxyl groups excluding tert-OH is 9.